The molecular formula is C19H18F2N6S. The van der Waals surface area contributed by atoms with Crippen LogP contribution in [-0.2, 0) is 7.05 Å². The van der Waals surface area contributed by atoms with Gasteiger partial charge in [0, 0.05) is 56.2 Å². The number of fused-ring (bicyclic) bond motifs is 2. The number of piperazine rings is 1. The molecule has 0 radical (unpaired) electrons. The molecule has 28 heavy (non-hydrogen) atoms. The molecule has 5 rings (SSSR count). The molecule has 3 heterocycles. The Kier molecular flexibility index (Phi) is 4.13. The Balaban J connectivity index is 1.51. The van der Waals surface area contributed by atoms with E-state index in [1.54, 1.807) is 30.1 Å². The number of halogens is 2. The molecule has 1 fully saturated rings. The summed E-state index contributed by atoms with van der Waals surface area (Å²) in [4.78, 5) is 2.16. The van der Waals surface area contributed by atoms with E-state index < -0.39 is 5.82 Å². The summed E-state index contributed by atoms with van der Waals surface area (Å²) in [5.74, 6) is -0.362. The van der Waals surface area contributed by atoms with Crippen LogP contribution in [0.4, 0.5) is 26.0 Å². The lowest BCUT2D eigenvalue weighted by molar-refractivity contribution is 0.586. The first kappa shape index (κ1) is 17.3. The Bertz CT molecular complexity index is 1180. The molecular weight excluding hydrogens is 382 g/mol. The number of aryl methyl sites for hydroxylation is 1. The van der Waals surface area contributed by atoms with Gasteiger partial charge in [0.15, 0.2) is 11.6 Å². The first-order valence-electron chi connectivity index (χ1n) is 9.03. The molecule has 2 aromatic heterocycles. The number of benzene rings is 2. The van der Waals surface area contributed by atoms with Gasteiger partial charge in [0.2, 0.25) is 0 Å². The molecule has 1 aliphatic rings. The number of nitrogens with one attached hydrogen (secondary N) is 2. The third-order valence-corrected chi connectivity index (χ3v) is 5.72. The zero-order chi connectivity index (χ0) is 19.3. The van der Waals surface area contributed by atoms with E-state index in [1.165, 1.54) is 17.6 Å². The third-order valence-electron chi connectivity index (χ3n) is 4.93. The van der Waals surface area contributed by atoms with Gasteiger partial charge in [0.05, 0.1) is 10.1 Å². The van der Waals surface area contributed by atoms with Gasteiger partial charge >= 0.3 is 0 Å². The van der Waals surface area contributed by atoms with Crippen LogP contribution in [0.3, 0.4) is 0 Å². The highest BCUT2D eigenvalue weighted by Gasteiger charge is 2.18. The van der Waals surface area contributed by atoms with Crippen molar-refractivity contribution in [1.82, 2.24) is 19.5 Å². The van der Waals surface area contributed by atoms with E-state index in [0.29, 0.717) is 27.8 Å². The van der Waals surface area contributed by atoms with Gasteiger partial charge in [-0.2, -0.15) is 9.47 Å². The summed E-state index contributed by atoms with van der Waals surface area (Å²) in [6.07, 6.45) is 1.74. The SMILES string of the molecule is Cn1cc2cc(Nc3nsc4cc(N5CCNCC5)cc(F)c34)cc(F)c2n1. The van der Waals surface area contributed by atoms with Gasteiger partial charge in [-0.15, -0.1) is 0 Å². The van der Waals surface area contributed by atoms with Gasteiger partial charge in [0.1, 0.15) is 11.3 Å². The number of hydrogen-bond acceptors (Lipinski definition) is 6. The number of nitrogens with zero attached hydrogens (tertiary/aromatic N) is 4. The van der Waals surface area contributed by atoms with Gasteiger partial charge < -0.3 is 15.5 Å². The Morgan fingerprint density at radius 3 is 2.75 bits per heavy atom. The Labute approximate surface area is 163 Å². The van der Waals surface area contributed by atoms with Crippen molar-refractivity contribution in [2.24, 2.45) is 7.05 Å². The van der Waals surface area contributed by atoms with Gasteiger partial charge in [-0.25, -0.2) is 8.78 Å². The Hall–Kier alpha value is -2.78. The molecule has 0 saturated carbocycles. The molecule has 0 bridgehead atoms. The fourth-order valence-electron chi connectivity index (χ4n) is 3.62. The lowest BCUT2D eigenvalue weighted by atomic mass is 10.2. The number of aromatic nitrogens is 3. The molecule has 0 aliphatic carbocycles. The predicted octanol–water partition coefficient (Wildman–Crippen LogP) is 3.61. The molecule has 0 atom stereocenters. The Morgan fingerprint density at radius 2 is 1.93 bits per heavy atom. The van der Waals surface area contributed by atoms with Crippen LogP contribution in [0.15, 0.2) is 30.5 Å². The largest absolute Gasteiger partial charge is 0.369 e. The number of rotatable bonds is 3. The van der Waals surface area contributed by atoms with Crippen LogP contribution in [0.1, 0.15) is 0 Å². The zero-order valence-corrected chi connectivity index (χ0v) is 16.0. The van der Waals surface area contributed by atoms with Gasteiger partial charge in [-0.1, -0.05) is 0 Å². The molecule has 9 heteroatoms. The van der Waals surface area contributed by atoms with Crippen molar-refractivity contribution in [2.45, 2.75) is 0 Å². The van der Waals surface area contributed by atoms with E-state index in [2.05, 4.69) is 25.0 Å². The second-order valence-electron chi connectivity index (χ2n) is 6.89. The van der Waals surface area contributed by atoms with Crippen molar-refractivity contribution in [3.8, 4) is 0 Å². The van der Waals surface area contributed by atoms with Crippen molar-refractivity contribution in [3.05, 3.63) is 42.1 Å². The summed E-state index contributed by atoms with van der Waals surface area (Å²) < 4.78 is 35.9. The summed E-state index contributed by atoms with van der Waals surface area (Å²) >= 11 is 1.23. The maximum absolute atomic E-state index is 14.9. The van der Waals surface area contributed by atoms with Crippen LogP contribution in [-0.4, -0.2) is 40.3 Å². The van der Waals surface area contributed by atoms with Crippen molar-refractivity contribution < 1.29 is 8.78 Å². The van der Waals surface area contributed by atoms with Crippen molar-refractivity contribution in [2.75, 3.05) is 36.4 Å². The highest BCUT2D eigenvalue weighted by Crippen LogP contribution is 2.35. The summed E-state index contributed by atoms with van der Waals surface area (Å²) in [5, 5.41) is 11.6. The van der Waals surface area contributed by atoms with Crippen LogP contribution >= 0.6 is 11.5 Å². The third kappa shape index (κ3) is 2.96. The normalized spacial score (nSPS) is 14.9. The van der Waals surface area contributed by atoms with Crippen LogP contribution < -0.4 is 15.5 Å². The molecule has 4 aromatic rings. The molecule has 0 unspecified atom stereocenters. The van der Waals surface area contributed by atoms with E-state index in [9.17, 15) is 8.78 Å². The minimum Gasteiger partial charge on any atom is -0.369 e. The highest BCUT2D eigenvalue weighted by atomic mass is 32.1. The minimum absolute atomic E-state index is 0.308. The first-order valence-corrected chi connectivity index (χ1v) is 9.80. The molecule has 1 aliphatic heterocycles. The highest BCUT2D eigenvalue weighted by molar-refractivity contribution is 7.13. The van der Waals surface area contributed by atoms with Gasteiger partial charge in [-0.05, 0) is 35.8 Å². The van der Waals surface area contributed by atoms with E-state index >= 15 is 0 Å². The lowest BCUT2D eigenvalue weighted by Crippen LogP contribution is -2.43. The number of anilines is 3. The summed E-state index contributed by atoms with van der Waals surface area (Å²) in [5.41, 5.74) is 1.68. The fraction of sp³-hybridized carbons (Fsp3) is 0.263. The van der Waals surface area contributed by atoms with Crippen molar-refractivity contribution >= 4 is 49.7 Å². The van der Waals surface area contributed by atoms with E-state index in [-0.39, 0.29) is 5.82 Å². The van der Waals surface area contributed by atoms with Crippen LogP contribution in [0.5, 0.6) is 0 Å². The molecule has 2 N–H and O–H groups in total. The summed E-state index contributed by atoms with van der Waals surface area (Å²) in [6.45, 7) is 3.47. The second kappa shape index (κ2) is 6.68. The van der Waals surface area contributed by atoms with Gasteiger partial charge in [0.25, 0.3) is 0 Å². The zero-order valence-electron chi connectivity index (χ0n) is 15.2. The molecule has 0 amide bonds. The fourth-order valence-corrected chi connectivity index (χ4v) is 4.41. The van der Waals surface area contributed by atoms with Crippen LogP contribution in [0, 0.1) is 11.6 Å². The maximum Gasteiger partial charge on any atom is 0.154 e. The van der Waals surface area contributed by atoms with Gasteiger partial charge in [-0.3, -0.25) is 4.68 Å². The second-order valence-corrected chi connectivity index (χ2v) is 7.70. The smallest absolute Gasteiger partial charge is 0.154 e. The van der Waals surface area contributed by atoms with E-state index in [0.717, 1.165) is 36.6 Å². The minimum atomic E-state index is -0.429. The van der Waals surface area contributed by atoms with Crippen molar-refractivity contribution in [3.63, 3.8) is 0 Å². The Morgan fingerprint density at radius 1 is 1.11 bits per heavy atom. The average molecular weight is 400 g/mol. The average Bonchev–Trinajstić information content (AvgIpc) is 3.26. The van der Waals surface area contributed by atoms with E-state index in [4.69, 9.17) is 0 Å². The molecule has 6 nitrogen and oxygen atoms in total. The van der Waals surface area contributed by atoms with E-state index in [1.807, 2.05) is 6.07 Å². The topological polar surface area (TPSA) is 58.0 Å². The van der Waals surface area contributed by atoms with Crippen LogP contribution in [0.25, 0.3) is 21.0 Å². The molecule has 0 spiro atoms. The molecule has 2 aromatic carbocycles. The molecule has 1 saturated heterocycles. The summed E-state index contributed by atoms with van der Waals surface area (Å²) in [6, 6.07) is 6.66. The quantitative estimate of drug-likeness (QED) is 0.550. The monoisotopic (exact) mass is 400 g/mol. The number of hydrogen-bond donors (Lipinski definition) is 2. The predicted molar refractivity (Wildman–Crippen MR) is 109 cm³/mol. The van der Waals surface area contributed by atoms with Crippen LogP contribution in [0.2, 0.25) is 0 Å². The maximum atomic E-state index is 14.9. The molecule has 144 valence electrons. The first-order chi connectivity index (χ1) is 13.6. The summed E-state index contributed by atoms with van der Waals surface area (Å²) in [7, 11) is 1.74. The standard InChI is InChI=1S/C19H18F2N6S/c1-26-10-11-6-12(7-15(21)18(11)24-26)23-19-17-14(20)8-13(9-16(17)28-25-19)27-4-2-22-3-5-27/h6-10,22H,2-5H2,1H3,(H,23,25). The van der Waals surface area contributed by atoms with Crippen molar-refractivity contribution in [1.29, 1.82) is 0 Å². The lowest BCUT2D eigenvalue weighted by Gasteiger charge is -2.29.